The van der Waals surface area contributed by atoms with Gasteiger partial charge in [-0.1, -0.05) is 11.6 Å². The Morgan fingerprint density at radius 2 is 1.94 bits per heavy atom. The molecule has 0 aliphatic heterocycles. The van der Waals surface area contributed by atoms with Gasteiger partial charge in [0, 0.05) is 6.42 Å². The molecule has 0 saturated carbocycles. The Labute approximate surface area is 106 Å². The number of aryl methyl sites for hydroxylation is 1. The minimum Gasteiger partial charge on any atom is -0.506 e. The second-order valence-electron chi connectivity index (χ2n) is 3.71. The highest BCUT2D eigenvalue weighted by atomic mass is 35.5. The summed E-state index contributed by atoms with van der Waals surface area (Å²) in [6.45, 7) is 0. The van der Waals surface area contributed by atoms with E-state index in [2.05, 4.69) is 0 Å². The van der Waals surface area contributed by atoms with Crippen LogP contribution in [-0.2, 0) is 17.4 Å². The van der Waals surface area contributed by atoms with Gasteiger partial charge in [0.05, 0.1) is 10.6 Å². The first-order valence-electron chi connectivity index (χ1n) is 5.02. The van der Waals surface area contributed by atoms with Crippen LogP contribution in [0.2, 0.25) is 5.02 Å². The van der Waals surface area contributed by atoms with E-state index in [0.29, 0.717) is 6.07 Å². The summed E-state index contributed by atoms with van der Waals surface area (Å²) in [4.78, 5) is 10.3. The summed E-state index contributed by atoms with van der Waals surface area (Å²) in [6.07, 6.45) is -4.84. The van der Waals surface area contributed by atoms with Crippen LogP contribution in [0.4, 0.5) is 13.2 Å². The second-order valence-corrected chi connectivity index (χ2v) is 4.11. The van der Waals surface area contributed by atoms with Crippen LogP contribution in [0.5, 0.6) is 5.75 Å². The highest BCUT2D eigenvalue weighted by molar-refractivity contribution is 6.32. The lowest BCUT2D eigenvalue weighted by Crippen LogP contribution is -2.09. The lowest BCUT2D eigenvalue weighted by atomic mass is 10.0. The third-order valence-electron chi connectivity index (χ3n) is 2.31. The molecule has 0 amide bonds. The van der Waals surface area contributed by atoms with E-state index in [9.17, 15) is 23.1 Å². The normalized spacial score (nSPS) is 11.6. The lowest BCUT2D eigenvalue weighted by molar-refractivity contribution is -0.138. The van der Waals surface area contributed by atoms with Crippen molar-refractivity contribution in [2.24, 2.45) is 0 Å². The van der Waals surface area contributed by atoms with Crippen molar-refractivity contribution in [1.82, 2.24) is 0 Å². The highest BCUT2D eigenvalue weighted by Gasteiger charge is 2.34. The molecule has 0 unspecified atom stereocenters. The molecule has 0 radical (unpaired) electrons. The molecule has 100 valence electrons. The number of rotatable bonds is 4. The standard InChI is InChI=1S/C11H10ClF3O3/c12-8-4-6(2-1-3-10(17)18)7(5-9(8)16)11(13,14)15/h4-5,16H,1-3H2,(H,17,18). The van der Waals surface area contributed by atoms with Gasteiger partial charge in [-0.2, -0.15) is 13.2 Å². The first kappa shape index (κ1) is 14.6. The predicted molar refractivity (Wildman–Crippen MR) is 58.7 cm³/mol. The van der Waals surface area contributed by atoms with Crippen LogP contribution in [0, 0.1) is 0 Å². The topological polar surface area (TPSA) is 57.5 Å². The highest BCUT2D eigenvalue weighted by Crippen LogP contribution is 2.37. The van der Waals surface area contributed by atoms with Gasteiger partial charge >= 0.3 is 12.1 Å². The summed E-state index contributed by atoms with van der Waals surface area (Å²) in [7, 11) is 0. The molecule has 0 aliphatic rings. The summed E-state index contributed by atoms with van der Waals surface area (Å²) in [5.74, 6) is -1.72. The second kappa shape index (κ2) is 5.48. The number of benzene rings is 1. The monoisotopic (exact) mass is 282 g/mol. The van der Waals surface area contributed by atoms with Gasteiger partial charge in [-0.3, -0.25) is 4.79 Å². The molecule has 1 aromatic carbocycles. The first-order chi connectivity index (χ1) is 8.21. The van der Waals surface area contributed by atoms with Crippen molar-refractivity contribution >= 4 is 17.6 Å². The molecule has 1 rings (SSSR count). The Kier molecular flexibility index (Phi) is 4.45. The van der Waals surface area contributed by atoms with Gasteiger partial charge < -0.3 is 10.2 Å². The molecule has 18 heavy (non-hydrogen) atoms. The number of carboxylic acid groups (broad SMARTS) is 1. The summed E-state index contributed by atoms with van der Waals surface area (Å²) in [6, 6.07) is 1.57. The van der Waals surface area contributed by atoms with Crippen LogP contribution in [0.3, 0.4) is 0 Å². The smallest absolute Gasteiger partial charge is 0.416 e. The van der Waals surface area contributed by atoms with Gasteiger partial charge in [-0.25, -0.2) is 0 Å². The molecule has 0 saturated heterocycles. The van der Waals surface area contributed by atoms with E-state index in [1.807, 2.05) is 0 Å². The summed E-state index contributed by atoms with van der Waals surface area (Å²) >= 11 is 5.54. The number of hydrogen-bond acceptors (Lipinski definition) is 2. The zero-order valence-electron chi connectivity index (χ0n) is 9.09. The molecule has 0 fully saturated rings. The van der Waals surface area contributed by atoms with Crippen LogP contribution >= 0.6 is 11.6 Å². The number of halogens is 4. The molecule has 0 heterocycles. The molecule has 0 bridgehead atoms. The lowest BCUT2D eigenvalue weighted by Gasteiger charge is -2.13. The zero-order chi connectivity index (χ0) is 13.9. The summed E-state index contributed by atoms with van der Waals surface area (Å²) < 4.78 is 38.0. The number of hydrogen-bond donors (Lipinski definition) is 2. The van der Waals surface area contributed by atoms with E-state index in [1.54, 1.807) is 0 Å². The summed E-state index contributed by atoms with van der Waals surface area (Å²) in [5.41, 5.74) is -1.11. The predicted octanol–water partition coefficient (Wildman–Crippen LogP) is 3.47. The molecule has 0 spiro atoms. The first-order valence-corrected chi connectivity index (χ1v) is 5.40. The van der Waals surface area contributed by atoms with Gasteiger partial charge in [0.1, 0.15) is 5.75 Å². The Bertz CT molecular complexity index is 458. The number of carbonyl (C=O) groups is 1. The number of alkyl halides is 3. The van der Waals surface area contributed by atoms with Crippen molar-refractivity contribution in [2.45, 2.75) is 25.4 Å². The molecule has 3 nitrogen and oxygen atoms in total. The third-order valence-corrected chi connectivity index (χ3v) is 2.62. The maximum Gasteiger partial charge on any atom is 0.416 e. The van der Waals surface area contributed by atoms with E-state index in [-0.39, 0.29) is 29.8 Å². The maximum atomic E-state index is 12.7. The number of phenols is 1. The molecular formula is C11H10ClF3O3. The van der Waals surface area contributed by atoms with E-state index in [0.717, 1.165) is 6.07 Å². The Morgan fingerprint density at radius 3 is 2.44 bits per heavy atom. The van der Waals surface area contributed by atoms with Crippen molar-refractivity contribution in [1.29, 1.82) is 0 Å². The Hall–Kier alpha value is -1.43. The van der Waals surface area contributed by atoms with Crippen LogP contribution in [0.25, 0.3) is 0 Å². The fourth-order valence-corrected chi connectivity index (χ4v) is 1.69. The van der Waals surface area contributed by atoms with Gasteiger partial charge in [-0.05, 0) is 30.5 Å². The average molecular weight is 283 g/mol. The third kappa shape index (κ3) is 3.80. The molecule has 0 aliphatic carbocycles. The van der Waals surface area contributed by atoms with Crippen molar-refractivity contribution in [3.8, 4) is 5.75 Å². The zero-order valence-corrected chi connectivity index (χ0v) is 9.85. The minimum absolute atomic E-state index is 0.0683. The van der Waals surface area contributed by atoms with Gasteiger partial charge in [0.25, 0.3) is 0 Å². The molecule has 1 aromatic rings. The van der Waals surface area contributed by atoms with Gasteiger partial charge in [0.2, 0.25) is 0 Å². The summed E-state index contributed by atoms with van der Waals surface area (Å²) in [5, 5.41) is 17.4. The fraction of sp³-hybridized carbons (Fsp3) is 0.364. The van der Waals surface area contributed by atoms with Crippen molar-refractivity contribution in [2.75, 3.05) is 0 Å². The van der Waals surface area contributed by atoms with E-state index in [4.69, 9.17) is 16.7 Å². The van der Waals surface area contributed by atoms with Crippen molar-refractivity contribution in [3.05, 3.63) is 28.3 Å². The number of aliphatic carboxylic acids is 1. The average Bonchev–Trinajstić information content (AvgIpc) is 2.20. The number of carboxylic acids is 1. The molecular weight excluding hydrogens is 273 g/mol. The molecule has 0 aromatic heterocycles. The minimum atomic E-state index is -4.61. The van der Waals surface area contributed by atoms with E-state index >= 15 is 0 Å². The van der Waals surface area contributed by atoms with E-state index < -0.39 is 23.5 Å². The SMILES string of the molecule is O=C(O)CCCc1cc(Cl)c(O)cc1C(F)(F)F. The largest absolute Gasteiger partial charge is 0.506 e. The quantitative estimate of drug-likeness (QED) is 0.889. The van der Waals surface area contributed by atoms with Crippen LogP contribution < -0.4 is 0 Å². The van der Waals surface area contributed by atoms with E-state index in [1.165, 1.54) is 0 Å². The van der Waals surface area contributed by atoms with Crippen molar-refractivity contribution in [3.63, 3.8) is 0 Å². The molecule has 7 heteroatoms. The van der Waals surface area contributed by atoms with Gasteiger partial charge in [0.15, 0.2) is 0 Å². The Morgan fingerprint density at radius 1 is 1.33 bits per heavy atom. The number of phenolic OH excluding ortho intramolecular Hbond substituents is 1. The molecule has 0 atom stereocenters. The Balaban J connectivity index is 3.01. The molecule has 2 N–H and O–H groups in total. The van der Waals surface area contributed by atoms with Crippen molar-refractivity contribution < 1.29 is 28.2 Å². The van der Waals surface area contributed by atoms with Crippen LogP contribution in [0.15, 0.2) is 12.1 Å². The van der Waals surface area contributed by atoms with Crippen LogP contribution in [-0.4, -0.2) is 16.2 Å². The maximum absolute atomic E-state index is 12.7. The van der Waals surface area contributed by atoms with Crippen LogP contribution in [0.1, 0.15) is 24.0 Å². The van der Waals surface area contributed by atoms with Gasteiger partial charge in [-0.15, -0.1) is 0 Å². The fourth-order valence-electron chi connectivity index (χ4n) is 1.50. The number of aromatic hydroxyl groups is 1.